The maximum Gasteiger partial charge on any atom is 0.338 e. The van der Waals surface area contributed by atoms with Gasteiger partial charge in [-0.1, -0.05) is 15.9 Å². The highest BCUT2D eigenvalue weighted by molar-refractivity contribution is 9.10. The van der Waals surface area contributed by atoms with E-state index in [0.29, 0.717) is 10.0 Å². The molecule has 0 aromatic heterocycles. The molecule has 1 unspecified atom stereocenters. The Bertz CT molecular complexity index is 355. The van der Waals surface area contributed by atoms with Crippen molar-refractivity contribution in [3.8, 4) is 0 Å². The molecule has 0 aliphatic heterocycles. The maximum absolute atomic E-state index is 12.8. The van der Waals surface area contributed by atoms with E-state index in [4.69, 9.17) is 5.11 Å². The van der Waals surface area contributed by atoms with Gasteiger partial charge in [-0.2, -0.15) is 0 Å². The molecule has 0 saturated carbocycles. The molecule has 0 heterocycles. The molecule has 0 fully saturated rings. The molecule has 1 atom stereocenters. The highest BCUT2D eigenvalue weighted by atomic mass is 79.9. The van der Waals surface area contributed by atoms with Crippen molar-refractivity contribution in [1.29, 1.82) is 0 Å². The summed E-state index contributed by atoms with van der Waals surface area (Å²) in [7, 11) is 0. The summed E-state index contributed by atoms with van der Waals surface area (Å²) in [6.45, 7) is 0. The zero-order valence-electron chi connectivity index (χ0n) is 7.01. The second-order valence-corrected chi connectivity index (χ2v) is 3.60. The molecular formula is C9H7BrF2O2. The Morgan fingerprint density at radius 2 is 2.21 bits per heavy atom. The average molecular weight is 265 g/mol. The largest absolute Gasteiger partial charge is 0.479 e. The third-order valence-corrected chi connectivity index (χ3v) is 2.45. The Balaban J connectivity index is 2.85. The van der Waals surface area contributed by atoms with Crippen LogP contribution in [0.25, 0.3) is 0 Å². The molecule has 0 aliphatic rings. The predicted molar refractivity (Wildman–Crippen MR) is 50.3 cm³/mol. The van der Waals surface area contributed by atoms with Crippen LogP contribution in [0.15, 0.2) is 22.7 Å². The minimum absolute atomic E-state index is 0.305. The topological polar surface area (TPSA) is 37.3 Å². The fraction of sp³-hybridized carbons (Fsp3) is 0.222. The predicted octanol–water partition coefficient (Wildman–Crippen LogP) is 2.55. The molecule has 5 heteroatoms. The third-order valence-electron chi connectivity index (χ3n) is 1.67. The number of rotatable bonds is 3. The van der Waals surface area contributed by atoms with Crippen molar-refractivity contribution >= 4 is 21.9 Å². The van der Waals surface area contributed by atoms with Gasteiger partial charge in [0.05, 0.1) is 0 Å². The Morgan fingerprint density at radius 1 is 1.57 bits per heavy atom. The molecule has 0 aliphatic carbocycles. The van der Waals surface area contributed by atoms with Crippen LogP contribution in [0.1, 0.15) is 5.56 Å². The van der Waals surface area contributed by atoms with Gasteiger partial charge in [-0.15, -0.1) is 0 Å². The highest BCUT2D eigenvalue weighted by Crippen LogP contribution is 2.20. The summed E-state index contributed by atoms with van der Waals surface area (Å²) in [5.74, 6) is -2.05. The first-order valence-corrected chi connectivity index (χ1v) is 4.61. The summed E-state index contributed by atoms with van der Waals surface area (Å²) in [6, 6.07) is 3.74. The van der Waals surface area contributed by atoms with Gasteiger partial charge < -0.3 is 5.11 Å². The van der Waals surface area contributed by atoms with Crippen LogP contribution in [0.4, 0.5) is 8.78 Å². The van der Waals surface area contributed by atoms with E-state index in [1.54, 1.807) is 0 Å². The van der Waals surface area contributed by atoms with Gasteiger partial charge in [-0.3, -0.25) is 0 Å². The SMILES string of the molecule is O=C(O)C(F)Cc1cc(F)ccc1Br. The summed E-state index contributed by atoms with van der Waals surface area (Å²) in [5, 5.41) is 8.32. The van der Waals surface area contributed by atoms with Crippen LogP contribution < -0.4 is 0 Å². The molecule has 76 valence electrons. The van der Waals surface area contributed by atoms with Crippen molar-refractivity contribution < 1.29 is 18.7 Å². The summed E-state index contributed by atoms with van der Waals surface area (Å²) in [5.41, 5.74) is 0.305. The molecule has 0 amide bonds. The van der Waals surface area contributed by atoms with E-state index in [-0.39, 0.29) is 6.42 Å². The lowest BCUT2D eigenvalue weighted by Gasteiger charge is -2.05. The Kier molecular flexibility index (Phi) is 3.57. The zero-order valence-corrected chi connectivity index (χ0v) is 8.59. The van der Waals surface area contributed by atoms with Crippen LogP contribution in [0, 0.1) is 5.82 Å². The molecule has 1 N–H and O–H groups in total. The molecule has 0 radical (unpaired) electrons. The molecule has 1 rings (SSSR count). The van der Waals surface area contributed by atoms with E-state index in [9.17, 15) is 13.6 Å². The molecule has 14 heavy (non-hydrogen) atoms. The van der Waals surface area contributed by atoms with Crippen LogP contribution in [0.3, 0.4) is 0 Å². The lowest BCUT2D eigenvalue weighted by molar-refractivity contribution is -0.142. The van der Waals surface area contributed by atoms with Gasteiger partial charge in [-0.05, 0) is 23.8 Å². The first-order valence-electron chi connectivity index (χ1n) is 3.81. The number of hydrogen-bond acceptors (Lipinski definition) is 1. The van der Waals surface area contributed by atoms with E-state index in [2.05, 4.69) is 15.9 Å². The van der Waals surface area contributed by atoms with E-state index in [0.717, 1.165) is 6.07 Å². The molecular weight excluding hydrogens is 258 g/mol. The molecule has 0 saturated heterocycles. The monoisotopic (exact) mass is 264 g/mol. The van der Waals surface area contributed by atoms with Crippen molar-refractivity contribution in [3.05, 3.63) is 34.1 Å². The number of hydrogen-bond donors (Lipinski definition) is 1. The number of aliphatic carboxylic acids is 1. The molecule has 1 aromatic rings. The Hall–Kier alpha value is -0.970. The number of carboxylic acids is 1. The van der Waals surface area contributed by atoms with Crippen molar-refractivity contribution in [2.75, 3.05) is 0 Å². The second kappa shape index (κ2) is 4.50. The van der Waals surface area contributed by atoms with Gasteiger partial charge in [0.15, 0.2) is 0 Å². The maximum atomic E-state index is 12.8. The van der Waals surface area contributed by atoms with Gasteiger partial charge in [0.25, 0.3) is 0 Å². The third kappa shape index (κ3) is 2.77. The van der Waals surface area contributed by atoms with Gasteiger partial charge in [-0.25, -0.2) is 13.6 Å². The number of alkyl halides is 1. The lowest BCUT2D eigenvalue weighted by Crippen LogP contribution is -2.17. The van der Waals surface area contributed by atoms with Crippen LogP contribution in [-0.4, -0.2) is 17.2 Å². The Morgan fingerprint density at radius 3 is 2.79 bits per heavy atom. The lowest BCUT2D eigenvalue weighted by atomic mass is 10.1. The zero-order chi connectivity index (χ0) is 10.7. The van der Waals surface area contributed by atoms with Crippen LogP contribution >= 0.6 is 15.9 Å². The van der Waals surface area contributed by atoms with Crippen molar-refractivity contribution in [2.45, 2.75) is 12.6 Å². The smallest absolute Gasteiger partial charge is 0.338 e. The summed E-state index contributed by atoms with van der Waals surface area (Å²) < 4.78 is 26.0. The van der Waals surface area contributed by atoms with E-state index >= 15 is 0 Å². The van der Waals surface area contributed by atoms with Crippen molar-refractivity contribution in [3.63, 3.8) is 0 Å². The highest BCUT2D eigenvalue weighted by Gasteiger charge is 2.17. The van der Waals surface area contributed by atoms with E-state index in [1.165, 1.54) is 12.1 Å². The molecule has 1 aromatic carbocycles. The quantitative estimate of drug-likeness (QED) is 0.911. The number of carbonyl (C=O) groups is 1. The minimum atomic E-state index is -2.01. The van der Waals surface area contributed by atoms with Gasteiger partial charge >= 0.3 is 5.97 Å². The van der Waals surface area contributed by atoms with Gasteiger partial charge in [0, 0.05) is 10.9 Å². The normalized spacial score (nSPS) is 12.5. The summed E-state index contributed by atoms with van der Waals surface area (Å²) in [4.78, 5) is 10.2. The summed E-state index contributed by atoms with van der Waals surface area (Å²) >= 11 is 3.08. The second-order valence-electron chi connectivity index (χ2n) is 2.75. The standard InChI is InChI=1S/C9H7BrF2O2/c10-7-2-1-6(11)3-5(7)4-8(12)9(13)14/h1-3,8H,4H2,(H,13,14). The van der Waals surface area contributed by atoms with Crippen LogP contribution in [0.5, 0.6) is 0 Å². The molecule has 0 bridgehead atoms. The van der Waals surface area contributed by atoms with E-state index in [1.807, 2.05) is 0 Å². The number of carboxylic acid groups (broad SMARTS) is 1. The van der Waals surface area contributed by atoms with Gasteiger partial charge in [0.1, 0.15) is 5.82 Å². The van der Waals surface area contributed by atoms with Crippen LogP contribution in [0.2, 0.25) is 0 Å². The van der Waals surface area contributed by atoms with Crippen molar-refractivity contribution in [1.82, 2.24) is 0 Å². The fourth-order valence-electron chi connectivity index (χ4n) is 0.980. The number of benzene rings is 1. The minimum Gasteiger partial charge on any atom is -0.479 e. The Labute approximate surface area is 87.7 Å². The van der Waals surface area contributed by atoms with Gasteiger partial charge in [0.2, 0.25) is 6.17 Å². The first kappa shape index (κ1) is 11.1. The van der Waals surface area contributed by atoms with E-state index < -0.39 is 18.0 Å². The first-order chi connectivity index (χ1) is 6.50. The fourth-order valence-corrected chi connectivity index (χ4v) is 1.39. The summed E-state index contributed by atoms with van der Waals surface area (Å²) in [6.07, 6.45) is -2.35. The molecule has 0 spiro atoms. The van der Waals surface area contributed by atoms with Crippen LogP contribution in [-0.2, 0) is 11.2 Å². The molecule has 2 nitrogen and oxygen atoms in total. The van der Waals surface area contributed by atoms with Crippen molar-refractivity contribution in [2.24, 2.45) is 0 Å². The average Bonchev–Trinajstić information content (AvgIpc) is 2.11. The number of halogens is 3.